The Bertz CT molecular complexity index is 1360. The Morgan fingerprint density at radius 1 is 1.09 bits per heavy atom. The van der Waals surface area contributed by atoms with E-state index in [1.807, 2.05) is 6.07 Å². The number of hydrogen-bond acceptors (Lipinski definition) is 4. The highest BCUT2D eigenvalue weighted by Crippen LogP contribution is 2.49. The van der Waals surface area contributed by atoms with Gasteiger partial charge in [-0.25, -0.2) is 0 Å². The summed E-state index contributed by atoms with van der Waals surface area (Å²) in [5.74, 6) is -0.433. The lowest BCUT2D eigenvalue weighted by Gasteiger charge is -2.29. The van der Waals surface area contributed by atoms with Crippen molar-refractivity contribution < 1.29 is 22.8 Å². The zero-order chi connectivity index (χ0) is 25.4. The van der Waals surface area contributed by atoms with E-state index in [9.17, 15) is 18.0 Å². The van der Waals surface area contributed by atoms with Gasteiger partial charge in [0.05, 0.1) is 17.3 Å². The van der Waals surface area contributed by atoms with Gasteiger partial charge in [0.25, 0.3) is 11.5 Å². The Labute approximate surface area is 208 Å². The first kappa shape index (κ1) is 24.6. The number of carbonyl (C=O) groups excluding carboxylic acids is 1. The molecule has 178 valence electrons. The van der Waals surface area contributed by atoms with Crippen LogP contribution in [0.2, 0.25) is 10.0 Å². The smallest absolute Gasteiger partial charge is 0.374 e. The van der Waals surface area contributed by atoms with Crippen molar-refractivity contribution in [1.82, 2.24) is 0 Å². The van der Waals surface area contributed by atoms with Crippen LogP contribution >= 0.6 is 23.2 Å². The molecule has 10 heteroatoms. The summed E-state index contributed by atoms with van der Waals surface area (Å²) in [6.45, 7) is 1.75. The van der Waals surface area contributed by atoms with Crippen LogP contribution < -0.4 is 5.32 Å². The van der Waals surface area contributed by atoms with E-state index in [0.29, 0.717) is 27.9 Å². The van der Waals surface area contributed by atoms with E-state index in [-0.39, 0.29) is 21.3 Å². The Morgan fingerprint density at radius 3 is 2.34 bits per heavy atom. The molecular weight excluding hydrogens is 502 g/mol. The maximum atomic E-state index is 14.2. The summed E-state index contributed by atoms with van der Waals surface area (Å²) in [5, 5.41) is 15.5. The molecule has 1 aliphatic heterocycles. The lowest BCUT2D eigenvalue weighted by molar-refractivity contribution is -0.275. The minimum Gasteiger partial charge on any atom is -0.374 e. The molecule has 1 atom stereocenters. The molecule has 1 aliphatic rings. The molecular formula is C25H16Cl2F3N3O2. The predicted octanol–water partition coefficient (Wildman–Crippen LogP) is 7.01. The summed E-state index contributed by atoms with van der Waals surface area (Å²) in [6.07, 6.45) is -5.43. The van der Waals surface area contributed by atoms with Crippen LogP contribution in [0.15, 0.2) is 65.8 Å². The highest BCUT2D eigenvalue weighted by Gasteiger charge is 2.62. The molecule has 4 rings (SSSR count). The number of benzene rings is 3. The molecule has 0 fully saturated rings. The van der Waals surface area contributed by atoms with Crippen molar-refractivity contribution in [2.24, 2.45) is 5.16 Å². The summed E-state index contributed by atoms with van der Waals surface area (Å²) in [5.41, 5.74) is -0.792. The van der Waals surface area contributed by atoms with Gasteiger partial charge in [-0.3, -0.25) is 4.79 Å². The summed E-state index contributed by atoms with van der Waals surface area (Å²) in [6, 6.07) is 16.5. The van der Waals surface area contributed by atoms with E-state index < -0.39 is 24.1 Å². The SMILES string of the molecule is Cc1ccc(C2=NOC(c3cc(Cl)cc(Cl)c3)(C(F)(F)F)C2)cc1NC(=O)c1ccc(C#N)cc1. The second-order valence-electron chi connectivity index (χ2n) is 7.96. The van der Waals surface area contributed by atoms with Gasteiger partial charge in [0.2, 0.25) is 0 Å². The van der Waals surface area contributed by atoms with Crippen LogP contribution in [0.25, 0.3) is 0 Å². The molecule has 0 saturated heterocycles. The Balaban J connectivity index is 1.63. The van der Waals surface area contributed by atoms with E-state index in [1.165, 1.54) is 36.4 Å². The van der Waals surface area contributed by atoms with Gasteiger partial charge in [-0.05, 0) is 61.0 Å². The molecule has 0 spiro atoms. The van der Waals surface area contributed by atoms with Crippen molar-refractivity contribution >= 4 is 40.5 Å². The topological polar surface area (TPSA) is 74.5 Å². The third kappa shape index (κ3) is 4.83. The number of carbonyl (C=O) groups is 1. The van der Waals surface area contributed by atoms with Crippen LogP contribution in [0.1, 0.15) is 39.0 Å². The number of halogens is 5. The number of nitriles is 1. The molecule has 0 saturated carbocycles. The van der Waals surface area contributed by atoms with Crippen LogP contribution in [-0.4, -0.2) is 17.8 Å². The molecule has 0 aromatic heterocycles. The monoisotopic (exact) mass is 517 g/mol. The largest absolute Gasteiger partial charge is 0.435 e. The van der Waals surface area contributed by atoms with Crippen LogP contribution in [0.5, 0.6) is 0 Å². The first-order valence-electron chi connectivity index (χ1n) is 10.2. The number of oxime groups is 1. The number of rotatable bonds is 4. The first-order chi connectivity index (χ1) is 16.5. The lowest BCUT2D eigenvalue weighted by Crippen LogP contribution is -2.42. The zero-order valence-electron chi connectivity index (χ0n) is 18.1. The fourth-order valence-electron chi connectivity index (χ4n) is 3.67. The number of nitrogens with zero attached hydrogens (tertiary/aromatic N) is 2. The number of alkyl halides is 3. The fraction of sp³-hybridized carbons (Fsp3) is 0.160. The molecule has 1 amide bonds. The Hall–Kier alpha value is -3.54. The van der Waals surface area contributed by atoms with Crippen LogP contribution in [0.3, 0.4) is 0 Å². The van der Waals surface area contributed by atoms with Crippen molar-refractivity contribution in [2.45, 2.75) is 25.1 Å². The molecule has 5 nitrogen and oxygen atoms in total. The molecule has 1 heterocycles. The second kappa shape index (κ2) is 9.25. The van der Waals surface area contributed by atoms with Crippen molar-refractivity contribution in [3.05, 3.63) is 98.5 Å². The predicted molar refractivity (Wildman–Crippen MR) is 127 cm³/mol. The molecule has 3 aromatic carbocycles. The summed E-state index contributed by atoms with van der Waals surface area (Å²) < 4.78 is 42.7. The number of nitrogens with one attached hydrogen (secondary N) is 1. The molecule has 0 bridgehead atoms. The number of aryl methyl sites for hydroxylation is 1. The molecule has 35 heavy (non-hydrogen) atoms. The Kier molecular flexibility index (Phi) is 6.50. The van der Waals surface area contributed by atoms with Crippen molar-refractivity contribution in [1.29, 1.82) is 5.26 Å². The fourth-order valence-corrected chi connectivity index (χ4v) is 4.20. The van der Waals surface area contributed by atoms with Gasteiger partial charge >= 0.3 is 6.18 Å². The first-order valence-corrected chi connectivity index (χ1v) is 11.0. The number of anilines is 1. The van der Waals surface area contributed by atoms with E-state index >= 15 is 0 Å². The summed E-state index contributed by atoms with van der Waals surface area (Å²) in [7, 11) is 0. The van der Waals surface area contributed by atoms with Crippen molar-refractivity contribution in [2.75, 3.05) is 5.32 Å². The van der Waals surface area contributed by atoms with Gasteiger partial charge in [-0.1, -0.05) is 40.5 Å². The molecule has 1 unspecified atom stereocenters. The third-order valence-electron chi connectivity index (χ3n) is 5.61. The average molecular weight is 518 g/mol. The van der Waals surface area contributed by atoms with E-state index in [1.54, 1.807) is 19.1 Å². The molecule has 0 radical (unpaired) electrons. The maximum Gasteiger partial charge on any atom is 0.435 e. The molecule has 0 aliphatic carbocycles. The minimum atomic E-state index is -4.82. The van der Waals surface area contributed by atoms with Crippen molar-refractivity contribution in [3.8, 4) is 6.07 Å². The van der Waals surface area contributed by atoms with Gasteiger partial charge in [0.1, 0.15) is 0 Å². The molecule has 1 N–H and O–H groups in total. The van der Waals surface area contributed by atoms with Gasteiger partial charge in [-0.15, -0.1) is 0 Å². The van der Waals surface area contributed by atoms with Crippen LogP contribution in [-0.2, 0) is 10.4 Å². The standard InChI is InChI=1S/C25H16Cl2F3N3O2/c1-14-2-5-17(8-21(14)32-23(34)16-6-3-15(13-31)4-7-16)22-12-24(35-33-22,25(28,29)30)18-9-19(26)11-20(27)10-18/h2-11H,12H2,1H3,(H,32,34). The maximum absolute atomic E-state index is 14.2. The normalized spacial score (nSPS) is 17.3. The highest BCUT2D eigenvalue weighted by atomic mass is 35.5. The van der Waals surface area contributed by atoms with Gasteiger partial charge in [0.15, 0.2) is 0 Å². The average Bonchev–Trinajstić information content (AvgIpc) is 3.27. The lowest BCUT2D eigenvalue weighted by atomic mass is 9.86. The van der Waals surface area contributed by atoms with Crippen LogP contribution in [0.4, 0.5) is 18.9 Å². The van der Waals surface area contributed by atoms with E-state index in [2.05, 4.69) is 10.5 Å². The van der Waals surface area contributed by atoms with Gasteiger partial charge in [-0.2, -0.15) is 18.4 Å². The second-order valence-corrected chi connectivity index (χ2v) is 8.83. The Morgan fingerprint density at radius 2 is 1.74 bits per heavy atom. The number of amides is 1. The minimum absolute atomic E-state index is 0.0383. The third-order valence-corrected chi connectivity index (χ3v) is 6.05. The summed E-state index contributed by atoms with van der Waals surface area (Å²) in [4.78, 5) is 17.7. The van der Waals surface area contributed by atoms with E-state index in [0.717, 1.165) is 12.1 Å². The summed E-state index contributed by atoms with van der Waals surface area (Å²) >= 11 is 11.9. The van der Waals surface area contributed by atoms with Crippen molar-refractivity contribution in [3.63, 3.8) is 0 Å². The van der Waals surface area contributed by atoms with E-state index in [4.69, 9.17) is 33.3 Å². The van der Waals surface area contributed by atoms with Gasteiger partial charge < -0.3 is 10.2 Å². The van der Waals surface area contributed by atoms with Gasteiger partial charge in [0, 0.05) is 38.8 Å². The van der Waals surface area contributed by atoms with Crippen LogP contribution in [0, 0.1) is 18.3 Å². The molecule has 3 aromatic rings. The zero-order valence-corrected chi connectivity index (χ0v) is 19.6. The number of hydrogen-bond donors (Lipinski definition) is 1. The quantitative estimate of drug-likeness (QED) is 0.404. The highest BCUT2D eigenvalue weighted by molar-refractivity contribution is 6.34.